The molecule has 0 aliphatic carbocycles. The molecule has 2 rings (SSSR count). The summed E-state index contributed by atoms with van der Waals surface area (Å²) in [7, 11) is 1.78. The van der Waals surface area contributed by atoms with E-state index in [1.54, 1.807) is 19.2 Å². The van der Waals surface area contributed by atoms with Gasteiger partial charge in [0.25, 0.3) is 0 Å². The lowest BCUT2D eigenvalue weighted by molar-refractivity contribution is 0.626. The van der Waals surface area contributed by atoms with Crippen LogP contribution in [0.25, 0.3) is 11.4 Å². The Hall–Kier alpha value is -1.68. The molecular formula is C15H17ClFN3. The number of nitrogens with one attached hydrogen (secondary N) is 1. The van der Waals surface area contributed by atoms with Gasteiger partial charge < -0.3 is 5.32 Å². The Kier molecular flexibility index (Phi) is 4.55. The Labute approximate surface area is 123 Å². The van der Waals surface area contributed by atoms with Gasteiger partial charge in [0.2, 0.25) is 0 Å². The fourth-order valence-corrected chi connectivity index (χ4v) is 2.12. The van der Waals surface area contributed by atoms with Crippen LogP contribution in [-0.2, 0) is 6.42 Å². The van der Waals surface area contributed by atoms with E-state index in [1.807, 2.05) is 6.07 Å². The molecule has 1 N–H and O–H groups in total. The number of hydrogen-bond acceptors (Lipinski definition) is 3. The number of halogens is 2. The number of rotatable bonds is 4. The van der Waals surface area contributed by atoms with Gasteiger partial charge >= 0.3 is 0 Å². The van der Waals surface area contributed by atoms with Gasteiger partial charge in [-0.05, 0) is 24.5 Å². The molecule has 0 saturated carbocycles. The average Bonchev–Trinajstić information content (AvgIpc) is 2.40. The third kappa shape index (κ3) is 3.25. The molecule has 0 aliphatic heterocycles. The molecule has 0 unspecified atom stereocenters. The van der Waals surface area contributed by atoms with Crippen molar-refractivity contribution < 1.29 is 4.39 Å². The van der Waals surface area contributed by atoms with Crippen molar-refractivity contribution >= 4 is 17.4 Å². The van der Waals surface area contributed by atoms with E-state index in [1.165, 1.54) is 6.07 Å². The van der Waals surface area contributed by atoms with Crippen molar-refractivity contribution in [1.82, 2.24) is 9.97 Å². The molecule has 0 saturated heterocycles. The van der Waals surface area contributed by atoms with Gasteiger partial charge in [-0.15, -0.1) is 0 Å². The lowest BCUT2D eigenvalue weighted by Crippen LogP contribution is -2.04. The molecule has 0 fully saturated rings. The average molecular weight is 294 g/mol. The van der Waals surface area contributed by atoms with Crippen molar-refractivity contribution in [3.63, 3.8) is 0 Å². The van der Waals surface area contributed by atoms with Gasteiger partial charge in [0.15, 0.2) is 11.6 Å². The van der Waals surface area contributed by atoms with Crippen LogP contribution < -0.4 is 5.32 Å². The van der Waals surface area contributed by atoms with Gasteiger partial charge in [-0.25, -0.2) is 14.4 Å². The van der Waals surface area contributed by atoms with Crippen molar-refractivity contribution in [2.24, 2.45) is 5.92 Å². The molecule has 20 heavy (non-hydrogen) atoms. The maximum absolute atomic E-state index is 14.1. The first-order valence-corrected chi connectivity index (χ1v) is 6.89. The van der Waals surface area contributed by atoms with Crippen molar-refractivity contribution in [2.45, 2.75) is 20.3 Å². The smallest absolute Gasteiger partial charge is 0.164 e. The molecule has 0 radical (unpaired) electrons. The van der Waals surface area contributed by atoms with Crippen LogP contribution in [0.5, 0.6) is 0 Å². The summed E-state index contributed by atoms with van der Waals surface area (Å²) < 4.78 is 14.1. The fourth-order valence-electron chi connectivity index (χ4n) is 1.95. The number of aromatic nitrogens is 2. The minimum Gasteiger partial charge on any atom is -0.373 e. The molecule has 106 valence electrons. The molecule has 0 amide bonds. The highest BCUT2D eigenvalue weighted by Crippen LogP contribution is 2.26. The van der Waals surface area contributed by atoms with Gasteiger partial charge in [0.1, 0.15) is 5.82 Å². The van der Waals surface area contributed by atoms with Gasteiger partial charge in [0.05, 0.1) is 10.6 Å². The summed E-state index contributed by atoms with van der Waals surface area (Å²) in [5.74, 6) is 1.00. The zero-order valence-electron chi connectivity index (χ0n) is 11.7. The molecule has 1 heterocycles. The lowest BCUT2D eigenvalue weighted by atomic mass is 10.1. The van der Waals surface area contributed by atoms with Crippen LogP contribution >= 0.6 is 11.6 Å². The third-order valence-corrected chi connectivity index (χ3v) is 3.14. The lowest BCUT2D eigenvalue weighted by Gasteiger charge is -2.10. The second-order valence-corrected chi connectivity index (χ2v) is 5.42. The highest BCUT2D eigenvalue weighted by atomic mass is 35.5. The molecule has 1 aromatic carbocycles. The van der Waals surface area contributed by atoms with Crippen molar-refractivity contribution in [2.75, 3.05) is 12.4 Å². The first-order valence-electron chi connectivity index (χ1n) is 6.51. The topological polar surface area (TPSA) is 37.8 Å². The maximum atomic E-state index is 14.1. The summed E-state index contributed by atoms with van der Waals surface area (Å²) in [5, 5.41) is 3.05. The summed E-state index contributed by atoms with van der Waals surface area (Å²) in [6.45, 7) is 4.22. The highest BCUT2D eigenvalue weighted by molar-refractivity contribution is 6.31. The second kappa shape index (κ2) is 6.18. The predicted octanol–water partition coefficient (Wildman–Crippen LogP) is 4.18. The van der Waals surface area contributed by atoms with E-state index >= 15 is 0 Å². The van der Waals surface area contributed by atoms with E-state index in [0.717, 1.165) is 12.1 Å². The number of benzene rings is 1. The Balaban J connectivity index is 2.52. The molecular weight excluding hydrogens is 277 g/mol. The highest BCUT2D eigenvalue weighted by Gasteiger charge is 2.13. The fraction of sp³-hybridized carbons (Fsp3) is 0.333. The van der Waals surface area contributed by atoms with Gasteiger partial charge in [-0.3, -0.25) is 0 Å². The zero-order valence-corrected chi connectivity index (χ0v) is 12.5. The SMILES string of the molecule is CNc1cc(CC(C)C)nc(-c2cccc(Cl)c2F)n1. The number of hydrogen-bond donors (Lipinski definition) is 1. The maximum Gasteiger partial charge on any atom is 0.164 e. The number of anilines is 1. The van der Waals surface area contributed by atoms with Crippen molar-refractivity contribution in [1.29, 1.82) is 0 Å². The van der Waals surface area contributed by atoms with E-state index in [-0.39, 0.29) is 5.02 Å². The standard InChI is InChI=1S/C15H17ClFN3/c1-9(2)7-10-8-13(18-3)20-15(19-10)11-5-4-6-12(16)14(11)17/h4-6,8-9H,7H2,1-3H3,(H,18,19,20). The normalized spacial score (nSPS) is 10.9. The minimum absolute atomic E-state index is 0.0753. The first-order chi connectivity index (χ1) is 9.51. The molecule has 0 spiro atoms. The van der Waals surface area contributed by atoms with E-state index in [2.05, 4.69) is 29.1 Å². The summed E-state index contributed by atoms with van der Waals surface area (Å²) in [6, 6.07) is 6.72. The molecule has 0 bridgehead atoms. The molecule has 1 aromatic heterocycles. The largest absolute Gasteiger partial charge is 0.373 e. The summed E-state index contributed by atoms with van der Waals surface area (Å²) in [4.78, 5) is 8.75. The Morgan fingerprint density at radius 3 is 2.70 bits per heavy atom. The van der Waals surface area contributed by atoms with E-state index in [9.17, 15) is 4.39 Å². The second-order valence-electron chi connectivity index (χ2n) is 5.02. The van der Waals surface area contributed by atoms with Crippen molar-refractivity contribution in [3.8, 4) is 11.4 Å². The van der Waals surface area contributed by atoms with E-state index in [4.69, 9.17) is 11.6 Å². The third-order valence-electron chi connectivity index (χ3n) is 2.85. The monoisotopic (exact) mass is 293 g/mol. The van der Waals surface area contributed by atoms with Crippen LogP contribution in [-0.4, -0.2) is 17.0 Å². The van der Waals surface area contributed by atoms with Crippen LogP contribution in [0, 0.1) is 11.7 Å². The molecule has 5 heteroatoms. The van der Waals surface area contributed by atoms with E-state index < -0.39 is 5.82 Å². The Morgan fingerprint density at radius 1 is 1.30 bits per heavy atom. The van der Waals surface area contributed by atoms with Crippen LogP contribution in [0.4, 0.5) is 10.2 Å². The van der Waals surface area contributed by atoms with Crippen LogP contribution in [0.2, 0.25) is 5.02 Å². The van der Waals surface area contributed by atoms with Crippen LogP contribution in [0.3, 0.4) is 0 Å². The predicted molar refractivity (Wildman–Crippen MR) is 80.5 cm³/mol. The van der Waals surface area contributed by atoms with Crippen LogP contribution in [0.1, 0.15) is 19.5 Å². The minimum atomic E-state index is -0.488. The zero-order chi connectivity index (χ0) is 14.7. The van der Waals surface area contributed by atoms with E-state index in [0.29, 0.717) is 23.1 Å². The molecule has 0 atom stereocenters. The quantitative estimate of drug-likeness (QED) is 0.919. The number of nitrogens with zero attached hydrogens (tertiary/aromatic N) is 2. The molecule has 2 aromatic rings. The first kappa shape index (κ1) is 14.7. The molecule has 3 nitrogen and oxygen atoms in total. The summed E-state index contributed by atoms with van der Waals surface area (Å²) >= 11 is 5.82. The van der Waals surface area contributed by atoms with Crippen LogP contribution in [0.15, 0.2) is 24.3 Å². The Morgan fingerprint density at radius 2 is 2.05 bits per heavy atom. The summed E-state index contributed by atoms with van der Waals surface area (Å²) in [5.41, 5.74) is 1.20. The van der Waals surface area contributed by atoms with Crippen molar-refractivity contribution in [3.05, 3.63) is 40.8 Å². The van der Waals surface area contributed by atoms with Gasteiger partial charge in [-0.1, -0.05) is 31.5 Å². The molecule has 0 aliphatic rings. The summed E-state index contributed by atoms with van der Waals surface area (Å²) in [6.07, 6.45) is 0.812. The Bertz CT molecular complexity index is 614. The van der Waals surface area contributed by atoms with Gasteiger partial charge in [0, 0.05) is 18.8 Å². The van der Waals surface area contributed by atoms with Gasteiger partial charge in [-0.2, -0.15) is 0 Å².